The molecular formula is C15H9ClFN5O2. The van der Waals surface area contributed by atoms with Crippen molar-refractivity contribution in [3.8, 4) is 11.4 Å². The maximum Gasteiger partial charge on any atom is 0.339 e. The first-order valence-electron chi connectivity index (χ1n) is 6.85. The molecule has 0 bridgehead atoms. The molecule has 3 heterocycles. The Morgan fingerprint density at radius 3 is 2.96 bits per heavy atom. The molecule has 2 N–H and O–H groups in total. The minimum Gasteiger partial charge on any atom is -0.478 e. The van der Waals surface area contributed by atoms with E-state index in [1.165, 1.54) is 23.1 Å². The van der Waals surface area contributed by atoms with Gasteiger partial charge < -0.3 is 10.1 Å². The Labute approximate surface area is 138 Å². The summed E-state index contributed by atoms with van der Waals surface area (Å²) in [5.74, 6) is -1.66. The number of aromatic nitrogens is 5. The van der Waals surface area contributed by atoms with Crippen LogP contribution >= 0.6 is 11.6 Å². The molecule has 0 aliphatic rings. The van der Waals surface area contributed by atoms with Crippen LogP contribution in [-0.4, -0.2) is 35.8 Å². The van der Waals surface area contributed by atoms with Crippen molar-refractivity contribution in [1.82, 2.24) is 24.7 Å². The quantitative estimate of drug-likeness (QED) is 0.582. The Kier molecular flexibility index (Phi) is 3.04. The van der Waals surface area contributed by atoms with Crippen LogP contribution in [0.5, 0.6) is 0 Å². The fraction of sp³-hybridized carbons (Fsp3) is 0.0667. The zero-order valence-electron chi connectivity index (χ0n) is 12.2. The summed E-state index contributed by atoms with van der Waals surface area (Å²) in [6, 6.07) is 2.79. The van der Waals surface area contributed by atoms with Crippen molar-refractivity contribution < 1.29 is 14.3 Å². The number of benzene rings is 1. The van der Waals surface area contributed by atoms with Crippen LogP contribution in [0.4, 0.5) is 4.39 Å². The van der Waals surface area contributed by atoms with Crippen molar-refractivity contribution in [3.63, 3.8) is 0 Å². The van der Waals surface area contributed by atoms with Crippen LogP contribution < -0.4 is 0 Å². The van der Waals surface area contributed by atoms with Gasteiger partial charge in [0.25, 0.3) is 0 Å². The summed E-state index contributed by atoms with van der Waals surface area (Å²) < 4.78 is 15.9. The molecule has 1 aromatic carbocycles. The molecule has 0 aliphatic carbocycles. The van der Waals surface area contributed by atoms with E-state index in [9.17, 15) is 14.3 Å². The van der Waals surface area contributed by atoms with Gasteiger partial charge in [0.2, 0.25) is 0 Å². The van der Waals surface area contributed by atoms with E-state index >= 15 is 0 Å². The van der Waals surface area contributed by atoms with Crippen molar-refractivity contribution in [3.05, 3.63) is 40.9 Å². The summed E-state index contributed by atoms with van der Waals surface area (Å²) in [7, 11) is 1.66. The Hall–Kier alpha value is -3.00. The van der Waals surface area contributed by atoms with E-state index in [4.69, 9.17) is 11.6 Å². The third-order valence-electron chi connectivity index (χ3n) is 3.72. The fourth-order valence-electron chi connectivity index (χ4n) is 2.65. The van der Waals surface area contributed by atoms with E-state index in [0.29, 0.717) is 11.2 Å². The van der Waals surface area contributed by atoms with Crippen LogP contribution in [-0.2, 0) is 7.05 Å². The number of nitrogens with zero attached hydrogens (tertiary/aromatic N) is 4. The number of aromatic carboxylic acids is 1. The minimum absolute atomic E-state index is 0.0110. The second kappa shape index (κ2) is 5.00. The normalized spacial score (nSPS) is 11.5. The van der Waals surface area contributed by atoms with Gasteiger partial charge in [-0.2, -0.15) is 5.10 Å². The van der Waals surface area contributed by atoms with Gasteiger partial charge in [0.15, 0.2) is 5.65 Å². The number of aryl methyl sites for hydroxylation is 1. The molecule has 0 amide bonds. The molecule has 0 atom stereocenters. The number of carboxylic acids is 1. The first-order chi connectivity index (χ1) is 11.5. The van der Waals surface area contributed by atoms with Gasteiger partial charge in [-0.3, -0.25) is 4.68 Å². The molecule has 7 nitrogen and oxygen atoms in total. The maximum atomic E-state index is 14.4. The molecule has 9 heteroatoms. The van der Waals surface area contributed by atoms with Gasteiger partial charge >= 0.3 is 5.97 Å². The Morgan fingerprint density at radius 1 is 1.42 bits per heavy atom. The van der Waals surface area contributed by atoms with Crippen LogP contribution in [0.15, 0.2) is 24.5 Å². The highest BCUT2D eigenvalue weighted by molar-refractivity contribution is 6.31. The molecule has 0 saturated carbocycles. The molecule has 4 rings (SSSR count). The number of hydrogen-bond donors (Lipinski definition) is 2. The van der Waals surface area contributed by atoms with Crippen molar-refractivity contribution in [2.24, 2.45) is 7.05 Å². The monoisotopic (exact) mass is 345 g/mol. The number of hydrogen-bond acceptors (Lipinski definition) is 4. The molecular weight excluding hydrogens is 337 g/mol. The summed E-state index contributed by atoms with van der Waals surface area (Å²) in [5.41, 5.74) is 1.56. The fourth-order valence-corrected chi connectivity index (χ4v) is 2.85. The zero-order valence-corrected chi connectivity index (χ0v) is 13.0. The van der Waals surface area contributed by atoms with Crippen LogP contribution in [0.3, 0.4) is 0 Å². The van der Waals surface area contributed by atoms with Gasteiger partial charge in [-0.1, -0.05) is 11.6 Å². The van der Waals surface area contributed by atoms with Gasteiger partial charge in [-0.15, -0.1) is 0 Å². The van der Waals surface area contributed by atoms with Crippen molar-refractivity contribution >= 4 is 39.6 Å². The highest BCUT2D eigenvalue weighted by Crippen LogP contribution is 2.31. The van der Waals surface area contributed by atoms with Crippen molar-refractivity contribution in [2.75, 3.05) is 0 Å². The average Bonchev–Trinajstić information content (AvgIpc) is 3.08. The second-order valence-electron chi connectivity index (χ2n) is 5.21. The van der Waals surface area contributed by atoms with Gasteiger partial charge in [0.05, 0.1) is 17.1 Å². The number of H-pyrrole nitrogens is 1. The molecule has 4 aromatic rings. The predicted octanol–water partition coefficient (Wildman–Crippen LogP) is 3.00. The smallest absolute Gasteiger partial charge is 0.339 e. The lowest BCUT2D eigenvalue weighted by atomic mass is 10.1. The first-order valence-corrected chi connectivity index (χ1v) is 7.23. The summed E-state index contributed by atoms with van der Waals surface area (Å²) in [6.07, 6.45) is 2.73. The highest BCUT2D eigenvalue weighted by Gasteiger charge is 2.19. The Bertz CT molecular complexity index is 1130. The standard InChI is InChI=1S/C15H9ClFN5O2/c1-22-10-3-6(16)2-8(17)11(10)13(21-22)9-5-19-14-12(20-9)7(4-18-14)15(23)24/h2-5H,1H3,(H,18,19)(H,23,24). The van der Waals surface area contributed by atoms with E-state index < -0.39 is 11.8 Å². The summed E-state index contributed by atoms with van der Waals surface area (Å²) in [4.78, 5) is 22.4. The molecule has 0 fully saturated rings. The van der Waals surface area contributed by atoms with E-state index in [2.05, 4.69) is 20.1 Å². The maximum absolute atomic E-state index is 14.4. The van der Waals surface area contributed by atoms with Crippen LogP contribution in [0.25, 0.3) is 33.5 Å². The van der Waals surface area contributed by atoms with E-state index in [1.54, 1.807) is 13.1 Å². The summed E-state index contributed by atoms with van der Waals surface area (Å²) >= 11 is 5.89. The SMILES string of the molecule is Cn1nc(-c2cnc3[nH]cc(C(=O)O)c3n2)c2c(F)cc(Cl)cc21. The van der Waals surface area contributed by atoms with E-state index in [-0.39, 0.29) is 32.9 Å². The number of aromatic amines is 1. The highest BCUT2D eigenvalue weighted by atomic mass is 35.5. The van der Waals surface area contributed by atoms with E-state index in [1.807, 2.05) is 0 Å². The molecule has 120 valence electrons. The number of nitrogens with one attached hydrogen (secondary N) is 1. The zero-order chi connectivity index (χ0) is 17.0. The minimum atomic E-state index is -1.13. The molecule has 0 spiro atoms. The first kappa shape index (κ1) is 14.6. The predicted molar refractivity (Wildman–Crippen MR) is 85.5 cm³/mol. The largest absolute Gasteiger partial charge is 0.478 e. The van der Waals surface area contributed by atoms with Crippen LogP contribution in [0, 0.1) is 5.82 Å². The third kappa shape index (κ3) is 2.04. The number of halogens is 2. The summed E-state index contributed by atoms with van der Waals surface area (Å²) in [5, 5.41) is 14.0. The Balaban J connectivity index is 2.03. The lowest BCUT2D eigenvalue weighted by Crippen LogP contribution is -1.97. The lowest BCUT2D eigenvalue weighted by molar-refractivity contribution is 0.0699. The number of carbonyl (C=O) groups is 1. The van der Waals surface area contributed by atoms with Crippen LogP contribution in [0.1, 0.15) is 10.4 Å². The molecule has 0 aliphatic heterocycles. The van der Waals surface area contributed by atoms with Gasteiger partial charge in [-0.25, -0.2) is 19.2 Å². The number of carboxylic acid groups (broad SMARTS) is 1. The van der Waals surface area contributed by atoms with Gasteiger partial charge in [0.1, 0.15) is 28.3 Å². The van der Waals surface area contributed by atoms with Crippen molar-refractivity contribution in [2.45, 2.75) is 0 Å². The number of rotatable bonds is 2. The lowest BCUT2D eigenvalue weighted by Gasteiger charge is -2.00. The van der Waals surface area contributed by atoms with Gasteiger partial charge in [-0.05, 0) is 12.1 Å². The topological polar surface area (TPSA) is 96.7 Å². The third-order valence-corrected chi connectivity index (χ3v) is 3.94. The van der Waals surface area contributed by atoms with Crippen molar-refractivity contribution in [1.29, 1.82) is 0 Å². The Morgan fingerprint density at radius 2 is 2.21 bits per heavy atom. The summed E-state index contributed by atoms with van der Waals surface area (Å²) in [6.45, 7) is 0. The number of fused-ring (bicyclic) bond motifs is 2. The molecule has 3 aromatic heterocycles. The molecule has 0 unspecified atom stereocenters. The molecule has 0 saturated heterocycles. The van der Waals surface area contributed by atoms with Crippen LogP contribution in [0.2, 0.25) is 5.02 Å². The van der Waals surface area contributed by atoms with E-state index in [0.717, 1.165) is 0 Å². The second-order valence-corrected chi connectivity index (χ2v) is 5.65. The average molecular weight is 346 g/mol. The van der Waals surface area contributed by atoms with Gasteiger partial charge in [0, 0.05) is 18.3 Å². The molecule has 0 radical (unpaired) electrons. The molecule has 24 heavy (non-hydrogen) atoms.